The molecule has 2 aliphatic rings. The SMILES string of the molecule is Cc1ccc(/C=C/S(=O)(=O)N2CCN(NC3CCN(c4ccncc4)CC3)C(=O)C2)cc1. The highest BCUT2D eigenvalue weighted by molar-refractivity contribution is 7.92. The van der Waals surface area contributed by atoms with Crippen LogP contribution >= 0.6 is 0 Å². The Kier molecular flexibility index (Phi) is 6.88. The van der Waals surface area contributed by atoms with E-state index in [4.69, 9.17) is 0 Å². The molecule has 8 nitrogen and oxygen atoms in total. The number of nitrogens with one attached hydrogen (secondary N) is 1. The average Bonchev–Trinajstić information content (AvgIpc) is 2.81. The van der Waals surface area contributed by atoms with Crippen molar-refractivity contribution in [2.45, 2.75) is 25.8 Å². The second kappa shape index (κ2) is 9.81. The Bertz CT molecular complexity index is 1050. The lowest BCUT2D eigenvalue weighted by atomic mass is 10.1. The zero-order valence-corrected chi connectivity index (χ0v) is 19.0. The van der Waals surface area contributed by atoms with Gasteiger partial charge < -0.3 is 4.90 Å². The molecule has 1 aromatic heterocycles. The summed E-state index contributed by atoms with van der Waals surface area (Å²) in [5.41, 5.74) is 6.40. The minimum absolute atomic E-state index is 0.149. The molecule has 170 valence electrons. The Balaban J connectivity index is 1.28. The van der Waals surface area contributed by atoms with E-state index in [1.807, 2.05) is 43.3 Å². The quantitative estimate of drug-likeness (QED) is 0.717. The van der Waals surface area contributed by atoms with Crippen LogP contribution in [-0.2, 0) is 14.8 Å². The normalized spacial score (nSPS) is 19.1. The van der Waals surface area contributed by atoms with Crippen LogP contribution in [0.5, 0.6) is 0 Å². The fraction of sp³-hybridized carbons (Fsp3) is 0.391. The molecule has 0 aliphatic carbocycles. The fourth-order valence-corrected chi connectivity index (χ4v) is 5.10. The van der Waals surface area contributed by atoms with Gasteiger partial charge in [-0.25, -0.2) is 13.8 Å². The van der Waals surface area contributed by atoms with Crippen molar-refractivity contribution < 1.29 is 13.2 Å². The predicted octanol–water partition coefficient (Wildman–Crippen LogP) is 2.01. The number of sulfonamides is 1. The number of nitrogens with zero attached hydrogens (tertiary/aromatic N) is 4. The second-order valence-corrected chi connectivity index (χ2v) is 10.1. The first kappa shape index (κ1) is 22.4. The van der Waals surface area contributed by atoms with E-state index in [2.05, 4.69) is 15.3 Å². The number of benzene rings is 1. The first-order chi connectivity index (χ1) is 15.4. The maximum absolute atomic E-state index is 12.7. The molecule has 2 saturated heterocycles. The van der Waals surface area contributed by atoms with Gasteiger partial charge in [-0.2, -0.15) is 4.31 Å². The molecule has 3 heterocycles. The average molecular weight is 456 g/mol. The van der Waals surface area contributed by atoms with Crippen molar-refractivity contribution in [3.05, 3.63) is 65.3 Å². The van der Waals surface area contributed by atoms with Crippen molar-refractivity contribution >= 4 is 27.7 Å². The molecule has 2 aliphatic heterocycles. The largest absolute Gasteiger partial charge is 0.371 e. The maximum Gasteiger partial charge on any atom is 0.252 e. The number of carbonyl (C=O) groups is 1. The molecule has 1 N–H and O–H groups in total. The van der Waals surface area contributed by atoms with Gasteiger partial charge in [0.2, 0.25) is 10.0 Å². The first-order valence-electron chi connectivity index (χ1n) is 10.9. The van der Waals surface area contributed by atoms with Gasteiger partial charge in [-0.1, -0.05) is 29.8 Å². The molecule has 0 bridgehead atoms. The number of carbonyl (C=O) groups excluding carboxylic acids is 1. The lowest BCUT2D eigenvalue weighted by Gasteiger charge is -2.39. The zero-order valence-electron chi connectivity index (χ0n) is 18.2. The molecule has 0 unspecified atom stereocenters. The molecular formula is C23H29N5O3S. The van der Waals surface area contributed by atoms with Crippen LogP contribution in [-0.4, -0.2) is 67.4 Å². The molecule has 9 heteroatoms. The summed E-state index contributed by atoms with van der Waals surface area (Å²) in [4.78, 5) is 19.0. The van der Waals surface area contributed by atoms with Crippen molar-refractivity contribution in [3.63, 3.8) is 0 Å². The molecule has 0 saturated carbocycles. The second-order valence-electron chi connectivity index (χ2n) is 8.23. The van der Waals surface area contributed by atoms with Crippen molar-refractivity contribution in [3.8, 4) is 0 Å². The van der Waals surface area contributed by atoms with E-state index in [9.17, 15) is 13.2 Å². The van der Waals surface area contributed by atoms with E-state index in [1.165, 1.54) is 9.71 Å². The summed E-state index contributed by atoms with van der Waals surface area (Å²) in [6.45, 7) is 4.23. The predicted molar refractivity (Wildman–Crippen MR) is 125 cm³/mol. The number of hydrogen-bond donors (Lipinski definition) is 1. The van der Waals surface area contributed by atoms with Gasteiger partial charge in [0.25, 0.3) is 5.91 Å². The highest BCUT2D eigenvalue weighted by atomic mass is 32.2. The molecule has 0 atom stereocenters. The lowest BCUT2D eigenvalue weighted by molar-refractivity contribution is -0.138. The van der Waals surface area contributed by atoms with Gasteiger partial charge in [-0.15, -0.1) is 0 Å². The smallest absolute Gasteiger partial charge is 0.252 e. The monoisotopic (exact) mass is 455 g/mol. The summed E-state index contributed by atoms with van der Waals surface area (Å²) in [6, 6.07) is 11.8. The molecule has 4 rings (SSSR count). The zero-order chi connectivity index (χ0) is 22.6. The number of hydrogen-bond acceptors (Lipinski definition) is 6. The number of amides is 1. The van der Waals surface area contributed by atoms with Gasteiger partial charge in [-0.3, -0.25) is 14.8 Å². The molecular weight excluding hydrogens is 426 g/mol. The topological polar surface area (TPSA) is 85.8 Å². The molecule has 2 fully saturated rings. The van der Waals surface area contributed by atoms with Gasteiger partial charge in [0.1, 0.15) is 0 Å². The van der Waals surface area contributed by atoms with Crippen molar-refractivity contribution in [1.29, 1.82) is 0 Å². The van der Waals surface area contributed by atoms with E-state index in [0.717, 1.165) is 42.7 Å². The van der Waals surface area contributed by atoms with Gasteiger partial charge in [0.05, 0.1) is 13.1 Å². The Morgan fingerprint density at radius 3 is 2.34 bits per heavy atom. The molecule has 1 aromatic carbocycles. The summed E-state index contributed by atoms with van der Waals surface area (Å²) < 4.78 is 26.6. The Labute approximate surface area is 189 Å². The minimum Gasteiger partial charge on any atom is -0.371 e. The van der Waals surface area contributed by atoms with Crippen LogP contribution in [0.4, 0.5) is 5.69 Å². The summed E-state index contributed by atoms with van der Waals surface area (Å²) in [7, 11) is -3.65. The lowest BCUT2D eigenvalue weighted by Crippen LogP contribution is -2.59. The van der Waals surface area contributed by atoms with Gasteiger partial charge in [0.15, 0.2) is 0 Å². The summed E-state index contributed by atoms with van der Waals surface area (Å²) >= 11 is 0. The number of aromatic nitrogens is 1. The fourth-order valence-electron chi connectivity index (χ4n) is 3.98. The van der Waals surface area contributed by atoms with Crippen molar-refractivity contribution in [2.24, 2.45) is 0 Å². The van der Waals surface area contributed by atoms with Crippen LogP contribution < -0.4 is 10.3 Å². The molecule has 1 amide bonds. The molecule has 0 spiro atoms. The third-order valence-electron chi connectivity index (χ3n) is 5.92. The number of pyridine rings is 1. The third-order valence-corrected chi connectivity index (χ3v) is 7.43. The van der Waals surface area contributed by atoms with E-state index in [-0.39, 0.29) is 25.0 Å². The highest BCUT2D eigenvalue weighted by Crippen LogP contribution is 2.20. The molecule has 0 radical (unpaired) electrons. The number of aryl methyl sites for hydroxylation is 1. The van der Waals surface area contributed by atoms with E-state index < -0.39 is 10.0 Å². The van der Waals surface area contributed by atoms with Crippen molar-refractivity contribution in [2.75, 3.05) is 37.6 Å². The standard InChI is InChI=1S/C23H29N5O3S/c1-19-2-4-20(5-3-19)10-17-32(30,31)27-15-16-28(23(29)18-27)25-21-8-13-26(14-9-21)22-6-11-24-12-7-22/h2-7,10-12,17,21,25H,8-9,13-16,18H2,1H3/b17-10+. The van der Waals surface area contributed by atoms with Gasteiger partial charge in [0, 0.05) is 49.2 Å². The van der Waals surface area contributed by atoms with Crippen LogP contribution in [0.15, 0.2) is 54.2 Å². The minimum atomic E-state index is -3.65. The Morgan fingerprint density at radius 2 is 1.69 bits per heavy atom. The Morgan fingerprint density at radius 1 is 1.00 bits per heavy atom. The summed E-state index contributed by atoms with van der Waals surface area (Å²) in [5.74, 6) is -0.222. The van der Waals surface area contributed by atoms with E-state index in [1.54, 1.807) is 23.5 Å². The molecule has 32 heavy (non-hydrogen) atoms. The van der Waals surface area contributed by atoms with E-state index in [0.29, 0.717) is 6.54 Å². The first-order valence-corrected chi connectivity index (χ1v) is 12.4. The van der Waals surface area contributed by atoms with Crippen LogP contribution in [0.1, 0.15) is 24.0 Å². The van der Waals surface area contributed by atoms with Crippen LogP contribution in [0.25, 0.3) is 6.08 Å². The number of anilines is 1. The van der Waals surface area contributed by atoms with Crippen molar-refractivity contribution in [1.82, 2.24) is 19.7 Å². The molecule has 2 aromatic rings. The van der Waals surface area contributed by atoms with Gasteiger partial charge >= 0.3 is 0 Å². The summed E-state index contributed by atoms with van der Waals surface area (Å²) in [5, 5.41) is 2.77. The van der Waals surface area contributed by atoms with Crippen LogP contribution in [0.3, 0.4) is 0 Å². The van der Waals surface area contributed by atoms with E-state index >= 15 is 0 Å². The Hall–Kier alpha value is -2.75. The third kappa shape index (κ3) is 5.53. The number of piperidine rings is 1. The highest BCUT2D eigenvalue weighted by Gasteiger charge is 2.32. The van der Waals surface area contributed by atoms with Gasteiger partial charge in [-0.05, 0) is 43.5 Å². The van der Waals surface area contributed by atoms with Crippen LogP contribution in [0.2, 0.25) is 0 Å². The van der Waals surface area contributed by atoms with Crippen LogP contribution in [0, 0.1) is 6.92 Å². The number of rotatable bonds is 6. The number of hydrazine groups is 1. The maximum atomic E-state index is 12.7. The summed E-state index contributed by atoms with van der Waals surface area (Å²) in [6.07, 6.45) is 6.98. The number of piperazine rings is 1.